The number of fused-ring (bicyclic) bond motifs is 1. The van der Waals surface area contributed by atoms with E-state index >= 15 is 0 Å². The highest BCUT2D eigenvalue weighted by atomic mass is 16.5. The van der Waals surface area contributed by atoms with Gasteiger partial charge < -0.3 is 14.8 Å². The molecule has 1 aromatic heterocycles. The minimum Gasteiger partial charge on any atom is -0.494 e. The molecule has 0 aliphatic heterocycles. The molecule has 5 nitrogen and oxygen atoms in total. The lowest BCUT2D eigenvalue weighted by Crippen LogP contribution is -2.09. The third-order valence-electron chi connectivity index (χ3n) is 4.12. The number of aryl methyl sites for hydroxylation is 1. The molecule has 0 saturated carbocycles. The van der Waals surface area contributed by atoms with Crippen LogP contribution in [0, 0.1) is 6.92 Å². The number of aromatic nitrogens is 1. The number of hydrogen-bond acceptors (Lipinski definition) is 5. The van der Waals surface area contributed by atoms with E-state index in [0.29, 0.717) is 24.5 Å². The first-order valence-corrected chi connectivity index (χ1v) is 9.18. The van der Waals surface area contributed by atoms with Crippen LogP contribution < -0.4 is 10.1 Å². The van der Waals surface area contributed by atoms with E-state index in [9.17, 15) is 4.79 Å². The Kier molecular flexibility index (Phi) is 5.91. The molecule has 0 radical (unpaired) electrons. The van der Waals surface area contributed by atoms with E-state index in [1.807, 2.05) is 49.4 Å². The average Bonchev–Trinajstić information content (AvgIpc) is 2.68. The molecule has 0 fully saturated rings. The van der Waals surface area contributed by atoms with Gasteiger partial charge in [-0.3, -0.25) is 4.98 Å². The van der Waals surface area contributed by atoms with Gasteiger partial charge >= 0.3 is 5.97 Å². The van der Waals surface area contributed by atoms with Crippen molar-refractivity contribution in [3.8, 4) is 5.75 Å². The van der Waals surface area contributed by atoms with Crippen LogP contribution in [0.15, 0.2) is 48.7 Å². The first-order chi connectivity index (χ1) is 13.1. The molecule has 3 aromatic rings. The van der Waals surface area contributed by atoms with E-state index in [0.717, 1.165) is 34.3 Å². The minimum absolute atomic E-state index is 0.313. The summed E-state index contributed by atoms with van der Waals surface area (Å²) in [6.45, 7) is 6.88. The predicted molar refractivity (Wildman–Crippen MR) is 108 cm³/mol. The summed E-state index contributed by atoms with van der Waals surface area (Å²) in [4.78, 5) is 16.8. The molecule has 0 aliphatic rings. The van der Waals surface area contributed by atoms with E-state index in [4.69, 9.17) is 9.47 Å². The summed E-state index contributed by atoms with van der Waals surface area (Å²) < 4.78 is 10.8. The number of carbonyl (C=O) groups is 1. The van der Waals surface area contributed by atoms with Crippen LogP contribution in [-0.2, 0) is 4.74 Å². The quantitative estimate of drug-likeness (QED) is 0.580. The predicted octanol–water partition coefficient (Wildman–Crippen LogP) is 5.25. The van der Waals surface area contributed by atoms with Crippen molar-refractivity contribution in [2.45, 2.75) is 27.2 Å². The molecule has 1 N–H and O–H groups in total. The van der Waals surface area contributed by atoms with Gasteiger partial charge in [0.1, 0.15) is 11.3 Å². The van der Waals surface area contributed by atoms with Gasteiger partial charge in [-0.25, -0.2) is 4.79 Å². The number of esters is 1. The smallest absolute Gasteiger partial charge is 0.341 e. The van der Waals surface area contributed by atoms with Gasteiger partial charge in [-0.15, -0.1) is 0 Å². The Morgan fingerprint density at radius 3 is 2.59 bits per heavy atom. The molecule has 0 atom stereocenters. The Bertz CT molecular complexity index is 936. The Hall–Kier alpha value is -3.08. The summed E-state index contributed by atoms with van der Waals surface area (Å²) in [6, 6.07) is 13.7. The zero-order valence-corrected chi connectivity index (χ0v) is 15.9. The number of rotatable bonds is 7. The summed E-state index contributed by atoms with van der Waals surface area (Å²) >= 11 is 0. The van der Waals surface area contributed by atoms with Crippen molar-refractivity contribution in [2.75, 3.05) is 18.5 Å². The zero-order valence-electron chi connectivity index (χ0n) is 15.9. The summed E-state index contributed by atoms with van der Waals surface area (Å²) in [7, 11) is 0. The molecule has 0 saturated heterocycles. The summed E-state index contributed by atoms with van der Waals surface area (Å²) in [6.07, 6.45) is 2.53. The summed E-state index contributed by atoms with van der Waals surface area (Å²) in [5.41, 5.74) is 3.89. The Morgan fingerprint density at radius 2 is 1.89 bits per heavy atom. The van der Waals surface area contributed by atoms with Crippen molar-refractivity contribution in [1.82, 2.24) is 4.98 Å². The number of ether oxygens (including phenoxy) is 2. The molecule has 27 heavy (non-hydrogen) atoms. The van der Waals surface area contributed by atoms with E-state index in [1.54, 1.807) is 13.1 Å². The highest BCUT2D eigenvalue weighted by Crippen LogP contribution is 2.31. The van der Waals surface area contributed by atoms with Gasteiger partial charge in [-0.05, 0) is 56.7 Å². The number of benzene rings is 2. The standard InChI is InChI=1S/C22H24N2O3/c1-4-12-27-17-9-7-16(8-10-17)24-21-18-13-15(3)6-11-20(18)23-14-19(21)22(25)26-5-2/h6-11,13-14H,4-5,12H2,1-3H3,(H,23,24). The summed E-state index contributed by atoms with van der Waals surface area (Å²) in [5.74, 6) is 0.433. The van der Waals surface area contributed by atoms with E-state index < -0.39 is 0 Å². The Labute approximate surface area is 159 Å². The first-order valence-electron chi connectivity index (χ1n) is 9.18. The summed E-state index contributed by atoms with van der Waals surface area (Å²) in [5, 5.41) is 4.25. The second-order valence-corrected chi connectivity index (χ2v) is 6.29. The molecular weight excluding hydrogens is 340 g/mol. The zero-order chi connectivity index (χ0) is 19.2. The highest BCUT2D eigenvalue weighted by Gasteiger charge is 2.17. The van der Waals surface area contributed by atoms with E-state index in [-0.39, 0.29) is 5.97 Å². The fraction of sp³-hybridized carbons (Fsp3) is 0.273. The lowest BCUT2D eigenvalue weighted by atomic mass is 10.1. The van der Waals surface area contributed by atoms with Crippen LogP contribution in [0.3, 0.4) is 0 Å². The minimum atomic E-state index is -0.390. The monoisotopic (exact) mass is 364 g/mol. The number of anilines is 2. The van der Waals surface area contributed by atoms with E-state index in [2.05, 4.69) is 17.2 Å². The van der Waals surface area contributed by atoms with Crippen LogP contribution in [0.4, 0.5) is 11.4 Å². The second-order valence-electron chi connectivity index (χ2n) is 6.29. The molecule has 140 valence electrons. The van der Waals surface area contributed by atoms with Gasteiger partial charge in [0.25, 0.3) is 0 Å². The second kappa shape index (κ2) is 8.54. The lowest BCUT2D eigenvalue weighted by Gasteiger charge is -2.15. The van der Waals surface area contributed by atoms with Crippen LogP contribution in [-0.4, -0.2) is 24.2 Å². The van der Waals surface area contributed by atoms with Crippen LogP contribution in [0.25, 0.3) is 10.9 Å². The van der Waals surface area contributed by atoms with Crippen molar-refractivity contribution in [3.63, 3.8) is 0 Å². The van der Waals surface area contributed by atoms with Gasteiger partial charge in [0.2, 0.25) is 0 Å². The SMILES string of the molecule is CCCOc1ccc(Nc2c(C(=O)OCC)cnc3ccc(C)cc23)cc1. The van der Waals surface area contributed by atoms with Gasteiger partial charge in [0.15, 0.2) is 0 Å². The van der Waals surface area contributed by atoms with Crippen molar-refractivity contribution in [1.29, 1.82) is 0 Å². The van der Waals surface area contributed by atoms with Crippen LogP contribution in [0.2, 0.25) is 0 Å². The van der Waals surface area contributed by atoms with Gasteiger partial charge in [-0.1, -0.05) is 18.6 Å². The average molecular weight is 364 g/mol. The number of nitrogens with zero attached hydrogens (tertiary/aromatic N) is 1. The lowest BCUT2D eigenvalue weighted by molar-refractivity contribution is 0.0527. The molecule has 3 rings (SSSR count). The van der Waals surface area contributed by atoms with E-state index in [1.165, 1.54) is 0 Å². The normalized spacial score (nSPS) is 10.6. The van der Waals surface area contributed by atoms with Gasteiger partial charge in [0.05, 0.1) is 24.4 Å². The molecule has 0 aliphatic carbocycles. The van der Waals surface area contributed by atoms with Crippen molar-refractivity contribution < 1.29 is 14.3 Å². The third kappa shape index (κ3) is 4.37. The highest BCUT2D eigenvalue weighted by molar-refractivity contribution is 6.06. The fourth-order valence-corrected chi connectivity index (χ4v) is 2.80. The third-order valence-corrected chi connectivity index (χ3v) is 4.12. The topological polar surface area (TPSA) is 60.5 Å². The van der Waals surface area contributed by atoms with Crippen LogP contribution in [0.5, 0.6) is 5.75 Å². The molecule has 2 aromatic carbocycles. The molecule has 0 unspecified atom stereocenters. The Morgan fingerprint density at radius 1 is 1.11 bits per heavy atom. The molecule has 5 heteroatoms. The number of nitrogens with one attached hydrogen (secondary N) is 1. The first kappa shape index (κ1) is 18.7. The number of pyridine rings is 1. The maximum absolute atomic E-state index is 12.4. The Balaban J connectivity index is 2.01. The van der Waals surface area contributed by atoms with Crippen LogP contribution >= 0.6 is 0 Å². The van der Waals surface area contributed by atoms with Crippen LogP contribution in [0.1, 0.15) is 36.2 Å². The number of hydrogen-bond donors (Lipinski definition) is 1. The van der Waals surface area contributed by atoms with Crippen molar-refractivity contribution in [2.24, 2.45) is 0 Å². The molecular formula is C22H24N2O3. The molecule has 0 spiro atoms. The van der Waals surface area contributed by atoms with Crippen molar-refractivity contribution in [3.05, 3.63) is 59.8 Å². The van der Waals surface area contributed by atoms with Gasteiger partial charge in [0, 0.05) is 17.3 Å². The van der Waals surface area contributed by atoms with Gasteiger partial charge in [-0.2, -0.15) is 0 Å². The molecule has 0 bridgehead atoms. The number of carbonyl (C=O) groups excluding carboxylic acids is 1. The largest absolute Gasteiger partial charge is 0.494 e. The molecule has 1 heterocycles. The maximum atomic E-state index is 12.4. The van der Waals surface area contributed by atoms with Crippen molar-refractivity contribution >= 4 is 28.2 Å². The fourth-order valence-electron chi connectivity index (χ4n) is 2.80. The maximum Gasteiger partial charge on any atom is 0.341 e. The molecule has 0 amide bonds.